The molecule has 0 unspecified atom stereocenters. The lowest BCUT2D eigenvalue weighted by molar-refractivity contribution is 0.200. The summed E-state index contributed by atoms with van der Waals surface area (Å²) in [5.41, 5.74) is 3.10. The molecule has 1 aromatic heterocycles. The van der Waals surface area contributed by atoms with Crippen LogP contribution < -0.4 is 9.64 Å². The Kier molecular flexibility index (Phi) is 5.15. The number of hydrogen-bond acceptors (Lipinski definition) is 4. The van der Waals surface area contributed by atoms with Gasteiger partial charge in [0.05, 0.1) is 21.7 Å². The minimum Gasteiger partial charge on any atom is -0.492 e. The maximum atomic E-state index is 6.30. The number of fused-ring (bicyclic) bond motifs is 1. The lowest BCUT2D eigenvalue weighted by Crippen LogP contribution is -2.47. The van der Waals surface area contributed by atoms with Crippen molar-refractivity contribution in [2.75, 3.05) is 44.2 Å². The summed E-state index contributed by atoms with van der Waals surface area (Å²) in [6.07, 6.45) is 0. The number of rotatable bonds is 5. The fourth-order valence-electron chi connectivity index (χ4n) is 3.31. The maximum absolute atomic E-state index is 6.30. The Morgan fingerprint density at radius 3 is 2.58 bits per heavy atom. The van der Waals surface area contributed by atoms with Gasteiger partial charge in [-0.15, -0.1) is 0 Å². The van der Waals surface area contributed by atoms with Gasteiger partial charge >= 0.3 is 0 Å². The number of halogens is 1. The first-order valence-corrected chi connectivity index (χ1v) is 9.54. The topological polar surface area (TPSA) is 47.3 Å². The van der Waals surface area contributed by atoms with Crippen molar-refractivity contribution in [3.63, 3.8) is 0 Å². The molecule has 0 amide bonds. The zero-order valence-electron chi connectivity index (χ0n) is 14.4. The summed E-state index contributed by atoms with van der Waals surface area (Å²) in [5, 5.41) is 0.823. The van der Waals surface area contributed by atoms with Gasteiger partial charge < -0.3 is 19.6 Å². The summed E-state index contributed by atoms with van der Waals surface area (Å²) >= 11 is 11.4. The number of aromatic nitrogens is 2. The highest BCUT2D eigenvalue weighted by Crippen LogP contribution is 2.26. The summed E-state index contributed by atoms with van der Waals surface area (Å²) < 4.78 is 6.55. The van der Waals surface area contributed by atoms with Crippen molar-refractivity contribution in [1.82, 2.24) is 14.9 Å². The number of nitrogens with one attached hydrogen (secondary N) is 2. The molecule has 136 valence electrons. The second-order valence-corrected chi connectivity index (χ2v) is 7.23. The van der Waals surface area contributed by atoms with Crippen LogP contribution in [0.3, 0.4) is 0 Å². The molecule has 0 atom stereocenters. The summed E-state index contributed by atoms with van der Waals surface area (Å²) in [6, 6.07) is 14.0. The lowest BCUT2D eigenvalue weighted by Gasteiger charge is -2.36. The van der Waals surface area contributed by atoms with Crippen molar-refractivity contribution < 1.29 is 4.74 Å². The fourth-order valence-corrected chi connectivity index (χ4v) is 3.79. The van der Waals surface area contributed by atoms with Gasteiger partial charge in [-0.1, -0.05) is 23.7 Å². The van der Waals surface area contributed by atoms with E-state index in [4.69, 9.17) is 28.6 Å². The van der Waals surface area contributed by atoms with Crippen LogP contribution in [0.2, 0.25) is 5.02 Å². The summed E-state index contributed by atoms with van der Waals surface area (Å²) in [7, 11) is 0. The monoisotopic (exact) mass is 388 g/mol. The Hall–Kier alpha value is -2.02. The number of H-pyrrole nitrogens is 2. The summed E-state index contributed by atoms with van der Waals surface area (Å²) in [6.45, 7) is 5.57. The Labute approximate surface area is 162 Å². The van der Waals surface area contributed by atoms with Crippen molar-refractivity contribution in [3.8, 4) is 5.75 Å². The molecule has 1 aliphatic rings. The van der Waals surface area contributed by atoms with Crippen LogP contribution in [0.15, 0.2) is 42.5 Å². The Bertz CT molecular complexity index is 946. The van der Waals surface area contributed by atoms with Gasteiger partial charge in [-0.3, -0.25) is 4.90 Å². The van der Waals surface area contributed by atoms with Crippen LogP contribution in [0, 0.1) is 4.77 Å². The number of aromatic amines is 2. The van der Waals surface area contributed by atoms with Crippen molar-refractivity contribution >= 4 is 40.5 Å². The average molecular weight is 389 g/mol. The van der Waals surface area contributed by atoms with Crippen molar-refractivity contribution in [1.29, 1.82) is 0 Å². The molecule has 3 aromatic rings. The molecule has 0 radical (unpaired) electrons. The number of nitrogens with zero attached hydrogens (tertiary/aromatic N) is 2. The molecule has 1 saturated heterocycles. The average Bonchev–Trinajstić information content (AvgIpc) is 3.02. The van der Waals surface area contributed by atoms with E-state index >= 15 is 0 Å². The summed E-state index contributed by atoms with van der Waals surface area (Å²) in [4.78, 5) is 11.0. The largest absolute Gasteiger partial charge is 0.492 e. The van der Waals surface area contributed by atoms with E-state index in [1.165, 1.54) is 0 Å². The number of anilines is 1. The second-order valence-electron chi connectivity index (χ2n) is 6.42. The van der Waals surface area contributed by atoms with Crippen LogP contribution in [0.25, 0.3) is 11.0 Å². The third-order valence-electron chi connectivity index (χ3n) is 4.73. The smallest absolute Gasteiger partial charge is 0.175 e. The van der Waals surface area contributed by atoms with Crippen LogP contribution in [0.4, 0.5) is 5.69 Å². The van der Waals surface area contributed by atoms with Crippen LogP contribution in [-0.4, -0.2) is 54.2 Å². The minimum absolute atomic E-state index is 0.633. The molecule has 1 fully saturated rings. The molecule has 0 saturated carbocycles. The van der Waals surface area contributed by atoms with E-state index in [0.29, 0.717) is 11.4 Å². The summed E-state index contributed by atoms with van der Waals surface area (Å²) in [5.74, 6) is 0.859. The normalized spacial score (nSPS) is 15.5. The molecule has 0 bridgehead atoms. The van der Waals surface area contributed by atoms with Gasteiger partial charge in [-0.25, -0.2) is 0 Å². The fraction of sp³-hybridized carbons (Fsp3) is 0.316. The number of benzene rings is 2. The Morgan fingerprint density at radius 1 is 1.00 bits per heavy atom. The van der Waals surface area contributed by atoms with Crippen molar-refractivity contribution in [2.45, 2.75) is 0 Å². The molecular weight excluding hydrogens is 368 g/mol. The van der Waals surface area contributed by atoms with E-state index in [1.54, 1.807) is 0 Å². The van der Waals surface area contributed by atoms with E-state index in [2.05, 4.69) is 25.8 Å². The number of ether oxygens (including phenoxy) is 1. The zero-order chi connectivity index (χ0) is 17.9. The third-order valence-corrected chi connectivity index (χ3v) is 5.25. The molecule has 0 aliphatic carbocycles. The maximum Gasteiger partial charge on any atom is 0.175 e. The zero-order valence-corrected chi connectivity index (χ0v) is 15.9. The van der Waals surface area contributed by atoms with E-state index < -0.39 is 0 Å². The van der Waals surface area contributed by atoms with Gasteiger partial charge in [-0.2, -0.15) is 0 Å². The van der Waals surface area contributed by atoms with Crippen LogP contribution >= 0.6 is 23.8 Å². The van der Waals surface area contributed by atoms with Crippen LogP contribution in [0.5, 0.6) is 5.75 Å². The predicted octanol–water partition coefficient (Wildman–Crippen LogP) is 4.08. The molecule has 1 aliphatic heterocycles. The second kappa shape index (κ2) is 7.70. The van der Waals surface area contributed by atoms with E-state index in [0.717, 1.165) is 60.2 Å². The Morgan fingerprint density at radius 2 is 1.77 bits per heavy atom. The van der Waals surface area contributed by atoms with Gasteiger partial charge in [0.2, 0.25) is 0 Å². The highest BCUT2D eigenvalue weighted by molar-refractivity contribution is 7.71. The molecule has 26 heavy (non-hydrogen) atoms. The first kappa shape index (κ1) is 17.4. The SMILES string of the molecule is S=c1[nH]c2ccc(OCCN3CCN(c4ccccc4Cl)CC3)cc2[nH]1. The number of para-hydroxylation sites is 1. The third kappa shape index (κ3) is 3.87. The number of hydrogen-bond donors (Lipinski definition) is 2. The van der Waals surface area contributed by atoms with Gasteiger partial charge in [-0.05, 0) is 36.5 Å². The molecular formula is C19H21ClN4OS. The van der Waals surface area contributed by atoms with Gasteiger partial charge in [0, 0.05) is 38.8 Å². The highest BCUT2D eigenvalue weighted by Gasteiger charge is 2.18. The van der Waals surface area contributed by atoms with E-state index in [-0.39, 0.29) is 0 Å². The quantitative estimate of drug-likeness (QED) is 0.646. The van der Waals surface area contributed by atoms with Gasteiger partial charge in [0.25, 0.3) is 0 Å². The van der Waals surface area contributed by atoms with Crippen LogP contribution in [-0.2, 0) is 0 Å². The first-order chi connectivity index (χ1) is 12.7. The number of imidazole rings is 1. The Balaban J connectivity index is 1.27. The molecule has 7 heteroatoms. The van der Waals surface area contributed by atoms with Crippen molar-refractivity contribution in [2.24, 2.45) is 0 Å². The first-order valence-electron chi connectivity index (χ1n) is 8.76. The molecule has 2 aromatic carbocycles. The number of piperazine rings is 1. The van der Waals surface area contributed by atoms with Gasteiger partial charge in [0.1, 0.15) is 12.4 Å². The molecule has 5 nitrogen and oxygen atoms in total. The minimum atomic E-state index is 0.633. The standard InChI is InChI=1S/C19H21ClN4OS/c20-15-3-1-2-4-18(15)24-9-7-23(8-10-24)11-12-25-14-5-6-16-17(13-14)22-19(26)21-16/h1-6,13H,7-12H2,(H2,21,22,26). The highest BCUT2D eigenvalue weighted by atomic mass is 35.5. The van der Waals surface area contributed by atoms with E-state index in [1.807, 2.05) is 36.4 Å². The van der Waals surface area contributed by atoms with E-state index in [9.17, 15) is 0 Å². The molecule has 4 rings (SSSR count). The molecule has 2 N–H and O–H groups in total. The van der Waals surface area contributed by atoms with Crippen molar-refractivity contribution in [3.05, 3.63) is 52.3 Å². The molecule has 2 heterocycles. The van der Waals surface area contributed by atoms with Gasteiger partial charge in [0.15, 0.2) is 4.77 Å². The predicted molar refractivity (Wildman–Crippen MR) is 109 cm³/mol. The lowest BCUT2D eigenvalue weighted by atomic mass is 10.2. The van der Waals surface area contributed by atoms with Crippen LogP contribution in [0.1, 0.15) is 0 Å². The molecule has 0 spiro atoms.